The van der Waals surface area contributed by atoms with Crippen molar-refractivity contribution in [1.29, 1.82) is 0 Å². The Morgan fingerprint density at radius 1 is 1.17 bits per heavy atom. The summed E-state index contributed by atoms with van der Waals surface area (Å²) in [7, 11) is 2.92. The first-order valence-electron chi connectivity index (χ1n) is 11.4. The van der Waals surface area contributed by atoms with E-state index in [-0.39, 0.29) is 11.7 Å². The summed E-state index contributed by atoms with van der Waals surface area (Å²) in [6.07, 6.45) is 2.74. The molecule has 0 saturated heterocycles. The summed E-state index contributed by atoms with van der Waals surface area (Å²) in [4.78, 5) is 31.4. The molecule has 0 N–H and O–H groups in total. The highest BCUT2D eigenvalue weighted by Crippen LogP contribution is 2.31. The number of ether oxygens (including phenoxy) is 3. The number of methoxy groups -OCH3 is 2. The number of rotatable bonds is 7. The van der Waals surface area contributed by atoms with Crippen molar-refractivity contribution in [2.75, 3.05) is 14.2 Å². The van der Waals surface area contributed by atoms with E-state index in [9.17, 15) is 9.59 Å². The minimum absolute atomic E-state index is 0.0590. The molecule has 0 spiro atoms. The lowest BCUT2D eigenvalue weighted by Gasteiger charge is -2.24. The molecular formula is C27H28N2O5S. The van der Waals surface area contributed by atoms with Gasteiger partial charge in [0.25, 0.3) is 5.56 Å². The number of esters is 1. The van der Waals surface area contributed by atoms with Crippen LogP contribution in [-0.4, -0.2) is 30.9 Å². The number of allylic oxidation sites excluding steroid dienone is 1. The number of carbonyl (C=O) groups is 1. The monoisotopic (exact) mass is 492 g/mol. The van der Waals surface area contributed by atoms with E-state index < -0.39 is 12.0 Å². The fraction of sp³-hybridized carbons (Fsp3) is 0.296. The van der Waals surface area contributed by atoms with Crippen LogP contribution in [0.4, 0.5) is 0 Å². The Balaban J connectivity index is 1.85. The highest BCUT2D eigenvalue weighted by molar-refractivity contribution is 7.07. The quantitative estimate of drug-likeness (QED) is 0.471. The fourth-order valence-electron chi connectivity index (χ4n) is 3.97. The Labute approximate surface area is 207 Å². The second kappa shape index (κ2) is 10.3. The first-order chi connectivity index (χ1) is 16.9. The maximum Gasteiger partial charge on any atom is 0.338 e. The van der Waals surface area contributed by atoms with Crippen LogP contribution < -0.4 is 24.4 Å². The molecule has 1 aliphatic heterocycles. The molecule has 3 aromatic rings. The Morgan fingerprint density at radius 3 is 2.57 bits per heavy atom. The molecule has 2 atom stereocenters. The van der Waals surface area contributed by atoms with Crippen molar-refractivity contribution in [1.82, 2.24) is 4.57 Å². The number of carbonyl (C=O) groups excluding carboxylic acids is 1. The summed E-state index contributed by atoms with van der Waals surface area (Å²) in [5, 5.41) is 0. The molecule has 182 valence electrons. The Morgan fingerprint density at radius 2 is 1.91 bits per heavy atom. The smallest absolute Gasteiger partial charge is 0.338 e. The zero-order valence-electron chi connectivity index (χ0n) is 20.4. The van der Waals surface area contributed by atoms with Gasteiger partial charge in [0.05, 0.1) is 42.2 Å². The molecule has 0 amide bonds. The van der Waals surface area contributed by atoms with Gasteiger partial charge in [0.1, 0.15) is 0 Å². The molecule has 0 bridgehead atoms. The van der Waals surface area contributed by atoms with Gasteiger partial charge in [-0.25, -0.2) is 9.79 Å². The molecule has 0 saturated carbocycles. The van der Waals surface area contributed by atoms with Crippen LogP contribution in [0.15, 0.2) is 69.6 Å². The average molecular weight is 493 g/mol. The van der Waals surface area contributed by atoms with Crippen molar-refractivity contribution in [3.8, 4) is 11.5 Å². The molecule has 0 fully saturated rings. The number of aromatic nitrogens is 1. The molecule has 0 aliphatic carbocycles. The number of hydrogen-bond acceptors (Lipinski definition) is 7. The van der Waals surface area contributed by atoms with Gasteiger partial charge < -0.3 is 14.2 Å². The minimum atomic E-state index is -0.622. The van der Waals surface area contributed by atoms with Gasteiger partial charge in [-0.2, -0.15) is 0 Å². The van der Waals surface area contributed by atoms with Crippen molar-refractivity contribution >= 4 is 23.4 Å². The lowest BCUT2D eigenvalue weighted by atomic mass is 9.96. The highest BCUT2D eigenvalue weighted by Gasteiger charge is 2.32. The van der Waals surface area contributed by atoms with Crippen LogP contribution in [0, 0.1) is 0 Å². The molecule has 8 heteroatoms. The van der Waals surface area contributed by atoms with E-state index >= 15 is 0 Å². The zero-order valence-corrected chi connectivity index (χ0v) is 21.2. The molecule has 7 nitrogen and oxygen atoms in total. The van der Waals surface area contributed by atoms with Gasteiger partial charge in [-0.3, -0.25) is 9.36 Å². The maximum atomic E-state index is 13.6. The van der Waals surface area contributed by atoms with Crippen LogP contribution in [0.25, 0.3) is 6.08 Å². The topological polar surface area (TPSA) is 79.1 Å². The Bertz CT molecular complexity index is 1450. The van der Waals surface area contributed by atoms with Gasteiger partial charge in [0.15, 0.2) is 16.3 Å². The average Bonchev–Trinajstić information content (AvgIpc) is 3.18. The predicted molar refractivity (Wildman–Crippen MR) is 136 cm³/mol. The van der Waals surface area contributed by atoms with Gasteiger partial charge >= 0.3 is 5.97 Å². The van der Waals surface area contributed by atoms with Gasteiger partial charge in [-0.15, -0.1) is 0 Å². The van der Waals surface area contributed by atoms with Crippen molar-refractivity contribution in [3.05, 3.63) is 90.6 Å². The first-order valence-corrected chi connectivity index (χ1v) is 12.2. The third-order valence-corrected chi connectivity index (χ3v) is 6.91. The SMILES string of the molecule is CCC(C)Oc1ccc(C=c2sc3n(c2=O)C(c2ccccc2)C(C(=O)OC)=C(C)N=3)cc1OC. The molecular weight excluding hydrogens is 464 g/mol. The van der Waals surface area contributed by atoms with E-state index in [4.69, 9.17) is 14.2 Å². The zero-order chi connectivity index (χ0) is 25.1. The van der Waals surface area contributed by atoms with Crippen molar-refractivity contribution in [2.45, 2.75) is 39.3 Å². The summed E-state index contributed by atoms with van der Waals surface area (Å²) in [6, 6.07) is 14.4. The van der Waals surface area contributed by atoms with Gasteiger partial charge in [0, 0.05) is 0 Å². The molecule has 2 aromatic carbocycles. The van der Waals surface area contributed by atoms with Crippen LogP contribution in [0.1, 0.15) is 44.4 Å². The predicted octanol–water partition coefficient (Wildman–Crippen LogP) is 3.59. The van der Waals surface area contributed by atoms with Crippen LogP contribution in [0.2, 0.25) is 0 Å². The van der Waals surface area contributed by atoms with E-state index in [1.165, 1.54) is 18.4 Å². The van der Waals surface area contributed by atoms with Gasteiger partial charge in [-0.05, 0) is 49.6 Å². The Kier molecular flexibility index (Phi) is 7.21. The molecule has 1 aliphatic rings. The van der Waals surface area contributed by atoms with Crippen LogP contribution in [-0.2, 0) is 9.53 Å². The maximum absolute atomic E-state index is 13.6. The van der Waals surface area contributed by atoms with Gasteiger partial charge in [0.2, 0.25) is 0 Å². The van der Waals surface area contributed by atoms with Crippen molar-refractivity contribution in [2.24, 2.45) is 4.99 Å². The molecule has 1 aromatic heterocycles. The summed E-state index contributed by atoms with van der Waals surface area (Å²) in [6.45, 7) is 5.82. The van der Waals surface area contributed by atoms with Crippen LogP contribution in [0.3, 0.4) is 0 Å². The summed E-state index contributed by atoms with van der Waals surface area (Å²) in [5.74, 6) is 0.747. The van der Waals surface area contributed by atoms with Gasteiger partial charge in [-0.1, -0.05) is 54.7 Å². The van der Waals surface area contributed by atoms with E-state index in [2.05, 4.69) is 11.9 Å². The molecule has 2 heterocycles. The minimum Gasteiger partial charge on any atom is -0.493 e. The molecule has 0 radical (unpaired) electrons. The largest absolute Gasteiger partial charge is 0.493 e. The normalized spacial score (nSPS) is 16.4. The van der Waals surface area contributed by atoms with Crippen LogP contribution in [0.5, 0.6) is 11.5 Å². The van der Waals surface area contributed by atoms with E-state index in [1.54, 1.807) is 24.7 Å². The third kappa shape index (κ3) is 4.79. The van der Waals surface area contributed by atoms with E-state index in [1.807, 2.05) is 55.5 Å². The summed E-state index contributed by atoms with van der Waals surface area (Å²) >= 11 is 1.28. The molecule has 4 rings (SSSR count). The lowest BCUT2D eigenvalue weighted by molar-refractivity contribution is -0.136. The molecule has 2 unspecified atom stereocenters. The second-order valence-corrected chi connectivity index (χ2v) is 9.24. The number of nitrogens with zero attached hydrogens (tertiary/aromatic N) is 2. The third-order valence-electron chi connectivity index (χ3n) is 5.93. The standard InChI is InChI=1S/C27H28N2O5S/c1-6-16(2)34-20-13-12-18(14-21(20)32-4)15-22-25(30)29-24(19-10-8-7-9-11-19)23(26(31)33-5)17(3)28-27(29)35-22/h7-16,24H,6H2,1-5H3. The van der Waals surface area contributed by atoms with Crippen LogP contribution >= 0.6 is 11.3 Å². The van der Waals surface area contributed by atoms with E-state index in [0.29, 0.717) is 32.1 Å². The summed E-state index contributed by atoms with van der Waals surface area (Å²) < 4.78 is 18.6. The summed E-state index contributed by atoms with van der Waals surface area (Å²) in [5.41, 5.74) is 2.26. The number of benzene rings is 2. The van der Waals surface area contributed by atoms with Crippen molar-refractivity contribution in [3.63, 3.8) is 0 Å². The second-order valence-electron chi connectivity index (χ2n) is 8.23. The Hall–Kier alpha value is -3.65. The first kappa shape index (κ1) is 24.5. The lowest BCUT2D eigenvalue weighted by Crippen LogP contribution is -2.39. The number of fused-ring (bicyclic) bond motifs is 1. The number of thiazole rings is 1. The molecule has 35 heavy (non-hydrogen) atoms. The highest BCUT2D eigenvalue weighted by atomic mass is 32.1. The fourth-order valence-corrected chi connectivity index (χ4v) is 5.01. The van der Waals surface area contributed by atoms with Crippen molar-refractivity contribution < 1.29 is 19.0 Å². The van der Waals surface area contributed by atoms with E-state index in [0.717, 1.165) is 17.5 Å². The number of hydrogen-bond donors (Lipinski definition) is 0.